The standard InChI is InChI=1S/C12H21N3OS/c1-12(2,3)10-14-11(17-15-10)13-8-6-5-7-9(8)16-4/h8-9H,5-7H2,1-4H3,(H,13,14,15). The molecule has 1 aliphatic rings. The lowest BCUT2D eigenvalue weighted by Gasteiger charge is -2.18. The highest BCUT2D eigenvalue weighted by Crippen LogP contribution is 2.28. The number of nitrogens with zero attached hydrogens (tertiary/aromatic N) is 2. The van der Waals surface area contributed by atoms with Crippen molar-refractivity contribution in [1.29, 1.82) is 0 Å². The second kappa shape index (κ2) is 4.90. The number of methoxy groups -OCH3 is 1. The zero-order chi connectivity index (χ0) is 12.5. The molecule has 0 radical (unpaired) electrons. The Hall–Kier alpha value is -0.680. The third kappa shape index (κ3) is 2.96. The Morgan fingerprint density at radius 2 is 2.12 bits per heavy atom. The van der Waals surface area contributed by atoms with Crippen LogP contribution in [0.4, 0.5) is 5.13 Å². The van der Waals surface area contributed by atoms with Crippen molar-refractivity contribution in [3.63, 3.8) is 0 Å². The van der Waals surface area contributed by atoms with Gasteiger partial charge in [0, 0.05) is 24.1 Å². The Morgan fingerprint density at radius 1 is 1.35 bits per heavy atom. The molecule has 1 aromatic rings. The summed E-state index contributed by atoms with van der Waals surface area (Å²) in [5.74, 6) is 0.914. The molecule has 0 bridgehead atoms. The van der Waals surface area contributed by atoms with Crippen LogP contribution in [0.15, 0.2) is 0 Å². The molecule has 0 aliphatic heterocycles. The first kappa shape index (κ1) is 12.8. The molecule has 0 saturated heterocycles. The third-order valence-corrected chi connectivity index (χ3v) is 3.81. The summed E-state index contributed by atoms with van der Waals surface area (Å²) in [6.07, 6.45) is 3.83. The summed E-state index contributed by atoms with van der Waals surface area (Å²) < 4.78 is 9.87. The number of ether oxygens (including phenoxy) is 1. The molecule has 96 valence electrons. The maximum atomic E-state index is 5.46. The summed E-state index contributed by atoms with van der Waals surface area (Å²) in [4.78, 5) is 4.55. The average molecular weight is 255 g/mol. The topological polar surface area (TPSA) is 47.0 Å². The second-order valence-corrected chi connectivity index (χ2v) is 6.38. The fraction of sp³-hybridized carbons (Fsp3) is 0.833. The molecule has 1 aliphatic carbocycles. The lowest BCUT2D eigenvalue weighted by atomic mass is 9.96. The lowest BCUT2D eigenvalue weighted by molar-refractivity contribution is 0.101. The van der Waals surface area contributed by atoms with E-state index in [0.717, 1.165) is 23.8 Å². The monoisotopic (exact) mass is 255 g/mol. The highest BCUT2D eigenvalue weighted by atomic mass is 32.1. The van der Waals surface area contributed by atoms with Crippen LogP contribution in [-0.2, 0) is 10.2 Å². The zero-order valence-electron chi connectivity index (χ0n) is 11.0. The fourth-order valence-electron chi connectivity index (χ4n) is 2.12. The Bertz CT molecular complexity index is 372. The first-order valence-corrected chi connectivity index (χ1v) is 6.91. The van der Waals surface area contributed by atoms with Gasteiger partial charge >= 0.3 is 0 Å². The molecule has 2 unspecified atom stereocenters. The number of hydrogen-bond acceptors (Lipinski definition) is 5. The Labute approximate surface area is 107 Å². The molecule has 1 N–H and O–H groups in total. The van der Waals surface area contributed by atoms with Gasteiger partial charge in [0.15, 0.2) is 0 Å². The van der Waals surface area contributed by atoms with Crippen LogP contribution < -0.4 is 5.32 Å². The van der Waals surface area contributed by atoms with Crippen LogP contribution in [-0.4, -0.2) is 28.6 Å². The van der Waals surface area contributed by atoms with Crippen LogP contribution in [0.5, 0.6) is 0 Å². The van der Waals surface area contributed by atoms with Crippen molar-refractivity contribution in [2.45, 2.75) is 57.6 Å². The van der Waals surface area contributed by atoms with Crippen molar-refractivity contribution in [2.24, 2.45) is 0 Å². The number of hydrogen-bond donors (Lipinski definition) is 1. The van der Waals surface area contributed by atoms with E-state index in [9.17, 15) is 0 Å². The molecule has 2 atom stereocenters. The second-order valence-electron chi connectivity index (χ2n) is 5.63. The van der Waals surface area contributed by atoms with Gasteiger partial charge in [-0.1, -0.05) is 20.8 Å². The minimum absolute atomic E-state index is 0.0206. The number of aromatic nitrogens is 2. The van der Waals surface area contributed by atoms with Crippen molar-refractivity contribution in [3.8, 4) is 0 Å². The predicted molar refractivity (Wildman–Crippen MR) is 70.7 cm³/mol. The number of anilines is 1. The van der Waals surface area contributed by atoms with Crippen LogP contribution in [0.1, 0.15) is 45.9 Å². The van der Waals surface area contributed by atoms with Crippen LogP contribution in [0.25, 0.3) is 0 Å². The van der Waals surface area contributed by atoms with Crippen LogP contribution >= 0.6 is 11.5 Å². The summed E-state index contributed by atoms with van der Waals surface area (Å²) >= 11 is 1.45. The summed E-state index contributed by atoms with van der Waals surface area (Å²) in [6.45, 7) is 6.39. The quantitative estimate of drug-likeness (QED) is 0.902. The van der Waals surface area contributed by atoms with Gasteiger partial charge in [0.05, 0.1) is 12.1 Å². The molecule has 0 aromatic carbocycles. The van der Waals surface area contributed by atoms with Gasteiger partial charge in [0.1, 0.15) is 5.82 Å². The van der Waals surface area contributed by atoms with Crippen molar-refractivity contribution < 1.29 is 4.74 Å². The van der Waals surface area contributed by atoms with E-state index in [-0.39, 0.29) is 5.41 Å². The molecule has 2 rings (SSSR count). The van der Waals surface area contributed by atoms with Gasteiger partial charge in [-0.15, -0.1) is 0 Å². The molecule has 1 fully saturated rings. The minimum Gasteiger partial charge on any atom is -0.379 e. The van der Waals surface area contributed by atoms with Crippen LogP contribution in [0, 0.1) is 0 Å². The Kier molecular flexibility index (Phi) is 3.68. The third-order valence-electron chi connectivity index (χ3n) is 3.16. The van der Waals surface area contributed by atoms with E-state index in [1.165, 1.54) is 18.0 Å². The van der Waals surface area contributed by atoms with Gasteiger partial charge in [-0.05, 0) is 19.3 Å². The predicted octanol–water partition coefficient (Wildman–Crippen LogP) is 2.82. The smallest absolute Gasteiger partial charge is 0.202 e. The Morgan fingerprint density at radius 3 is 2.71 bits per heavy atom. The van der Waals surface area contributed by atoms with E-state index in [0.29, 0.717) is 12.1 Å². The lowest BCUT2D eigenvalue weighted by Crippen LogP contribution is -2.29. The fourth-order valence-corrected chi connectivity index (χ4v) is 2.94. The van der Waals surface area contributed by atoms with Gasteiger partial charge in [-0.2, -0.15) is 4.37 Å². The first-order valence-electron chi connectivity index (χ1n) is 6.14. The molecule has 1 aromatic heterocycles. The van der Waals surface area contributed by atoms with Crippen LogP contribution in [0.3, 0.4) is 0 Å². The molecule has 1 heterocycles. The average Bonchev–Trinajstić information content (AvgIpc) is 2.86. The van der Waals surface area contributed by atoms with Gasteiger partial charge in [-0.25, -0.2) is 4.98 Å². The summed E-state index contributed by atoms with van der Waals surface area (Å²) in [5.41, 5.74) is 0.0206. The van der Waals surface area contributed by atoms with Gasteiger partial charge in [-0.3, -0.25) is 0 Å². The van der Waals surface area contributed by atoms with E-state index < -0.39 is 0 Å². The van der Waals surface area contributed by atoms with E-state index >= 15 is 0 Å². The minimum atomic E-state index is 0.0206. The van der Waals surface area contributed by atoms with Crippen molar-refractivity contribution in [2.75, 3.05) is 12.4 Å². The molecule has 4 nitrogen and oxygen atoms in total. The van der Waals surface area contributed by atoms with Gasteiger partial charge in [0.25, 0.3) is 0 Å². The van der Waals surface area contributed by atoms with E-state index in [4.69, 9.17) is 4.74 Å². The summed E-state index contributed by atoms with van der Waals surface area (Å²) in [5, 5.41) is 4.37. The number of nitrogens with one attached hydrogen (secondary N) is 1. The number of rotatable bonds is 3. The molecular formula is C12H21N3OS. The highest BCUT2D eigenvalue weighted by Gasteiger charge is 2.28. The summed E-state index contributed by atoms with van der Waals surface area (Å²) in [7, 11) is 1.78. The first-order chi connectivity index (χ1) is 8.00. The normalized spacial score (nSPS) is 25.2. The maximum Gasteiger partial charge on any atom is 0.202 e. The SMILES string of the molecule is COC1CCCC1Nc1nc(C(C)(C)C)ns1. The van der Waals surface area contributed by atoms with E-state index in [1.807, 2.05) is 0 Å². The van der Waals surface area contributed by atoms with E-state index in [1.54, 1.807) is 7.11 Å². The molecule has 0 amide bonds. The largest absolute Gasteiger partial charge is 0.379 e. The zero-order valence-corrected chi connectivity index (χ0v) is 11.8. The van der Waals surface area contributed by atoms with Gasteiger partial charge < -0.3 is 10.1 Å². The highest BCUT2D eigenvalue weighted by molar-refractivity contribution is 7.09. The molecular weight excluding hydrogens is 234 g/mol. The van der Waals surface area contributed by atoms with Crippen molar-refractivity contribution in [1.82, 2.24) is 9.36 Å². The van der Waals surface area contributed by atoms with Crippen molar-refractivity contribution in [3.05, 3.63) is 5.82 Å². The van der Waals surface area contributed by atoms with Crippen molar-refractivity contribution >= 4 is 16.7 Å². The van der Waals surface area contributed by atoms with Gasteiger partial charge in [0.2, 0.25) is 5.13 Å². The Balaban J connectivity index is 2.02. The van der Waals surface area contributed by atoms with Crippen LogP contribution in [0.2, 0.25) is 0 Å². The van der Waals surface area contributed by atoms with E-state index in [2.05, 4.69) is 35.4 Å². The molecule has 17 heavy (non-hydrogen) atoms. The molecule has 1 saturated carbocycles. The molecule has 0 spiro atoms. The molecule has 5 heteroatoms. The summed E-state index contributed by atoms with van der Waals surface area (Å²) in [6, 6.07) is 0.390. The maximum absolute atomic E-state index is 5.46.